The van der Waals surface area contributed by atoms with E-state index in [0.717, 1.165) is 11.1 Å². The smallest absolute Gasteiger partial charge is 0.315 e. The van der Waals surface area contributed by atoms with Crippen molar-refractivity contribution in [2.45, 2.75) is 31.1 Å². The van der Waals surface area contributed by atoms with Crippen LogP contribution in [0.4, 0.5) is 9.18 Å². The summed E-state index contributed by atoms with van der Waals surface area (Å²) < 4.78 is 14.3. The first-order valence-electron chi connectivity index (χ1n) is 8.08. The number of hydrogen-bond acceptors (Lipinski definition) is 3. The predicted octanol–water partition coefficient (Wildman–Crippen LogP) is 1.20. The number of carboxylic acids is 1. The van der Waals surface area contributed by atoms with E-state index in [0.29, 0.717) is 6.54 Å². The van der Waals surface area contributed by atoms with E-state index >= 15 is 0 Å². The van der Waals surface area contributed by atoms with Gasteiger partial charge in [-0.3, -0.25) is 9.59 Å². The standard InChI is InChI=1S/C17H20FN3O4/c1-21-8-10-4-2-3-5-12(10)13(14(21)22)20-16(25)19-9-17(18)6-11(7-17)15(23)24/h2-5,11,13H,6-9H2,1H3,(H,23,24)(H2,19,20,25). The van der Waals surface area contributed by atoms with Gasteiger partial charge in [-0.15, -0.1) is 0 Å². The highest BCUT2D eigenvalue weighted by molar-refractivity contribution is 5.89. The Morgan fingerprint density at radius 1 is 1.36 bits per heavy atom. The molecule has 0 bridgehead atoms. The average molecular weight is 349 g/mol. The molecule has 1 aromatic rings. The van der Waals surface area contributed by atoms with Gasteiger partial charge in [-0.2, -0.15) is 0 Å². The zero-order valence-electron chi connectivity index (χ0n) is 13.8. The van der Waals surface area contributed by atoms with E-state index in [-0.39, 0.29) is 25.3 Å². The van der Waals surface area contributed by atoms with Crippen LogP contribution in [0.25, 0.3) is 0 Å². The second-order valence-corrected chi connectivity index (χ2v) is 6.75. The van der Waals surface area contributed by atoms with Crippen molar-refractivity contribution in [3.8, 4) is 0 Å². The maximum Gasteiger partial charge on any atom is 0.315 e. The van der Waals surface area contributed by atoms with E-state index in [9.17, 15) is 18.8 Å². The van der Waals surface area contributed by atoms with Crippen LogP contribution in [0, 0.1) is 5.92 Å². The number of nitrogens with zero attached hydrogens (tertiary/aromatic N) is 1. The lowest BCUT2D eigenvalue weighted by molar-refractivity contribution is -0.151. The van der Waals surface area contributed by atoms with Gasteiger partial charge in [0.2, 0.25) is 5.91 Å². The number of nitrogens with one attached hydrogen (secondary N) is 2. The van der Waals surface area contributed by atoms with Crippen LogP contribution in [0.2, 0.25) is 0 Å². The van der Waals surface area contributed by atoms with Gasteiger partial charge in [-0.25, -0.2) is 9.18 Å². The predicted molar refractivity (Wildman–Crippen MR) is 86.4 cm³/mol. The zero-order valence-corrected chi connectivity index (χ0v) is 13.8. The molecule has 7 nitrogen and oxygen atoms in total. The largest absolute Gasteiger partial charge is 0.481 e. The maximum atomic E-state index is 14.3. The summed E-state index contributed by atoms with van der Waals surface area (Å²) in [6.07, 6.45) is -0.229. The van der Waals surface area contributed by atoms with Crippen molar-refractivity contribution in [3.05, 3.63) is 35.4 Å². The number of urea groups is 1. The minimum atomic E-state index is -1.70. The summed E-state index contributed by atoms with van der Waals surface area (Å²) in [6.45, 7) is 0.194. The molecule has 0 radical (unpaired) electrons. The van der Waals surface area contributed by atoms with Gasteiger partial charge < -0.3 is 20.6 Å². The molecule has 2 aliphatic rings. The molecule has 3 rings (SSSR count). The topological polar surface area (TPSA) is 98.7 Å². The number of likely N-dealkylation sites (N-methyl/N-ethyl adjacent to an activating group) is 1. The lowest BCUT2D eigenvalue weighted by Gasteiger charge is -2.39. The van der Waals surface area contributed by atoms with Crippen molar-refractivity contribution in [1.29, 1.82) is 0 Å². The number of carbonyl (C=O) groups excluding carboxylic acids is 2. The summed E-state index contributed by atoms with van der Waals surface area (Å²) in [5.41, 5.74) is -0.0310. The highest BCUT2D eigenvalue weighted by Crippen LogP contribution is 2.40. The van der Waals surface area contributed by atoms with E-state index in [2.05, 4.69) is 10.6 Å². The van der Waals surface area contributed by atoms with Gasteiger partial charge in [0.05, 0.1) is 12.5 Å². The third-order valence-corrected chi connectivity index (χ3v) is 4.81. The fourth-order valence-corrected chi connectivity index (χ4v) is 3.35. The maximum absolute atomic E-state index is 14.3. The molecule has 1 fully saturated rings. The molecule has 0 saturated heterocycles. The van der Waals surface area contributed by atoms with Gasteiger partial charge in [-0.05, 0) is 24.0 Å². The first-order chi connectivity index (χ1) is 11.8. The number of rotatable bonds is 4. The minimum Gasteiger partial charge on any atom is -0.481 e. The van der Waals surface area contributed by atoms with E-state index < -0.39 is 29.6 Å². The Balaban J connectivity index is 1.60. The average Bonchev–Trinajstić information content (AvgIpc) is 2.54. The molecule has 25 heavy (non-hydrogen) atoms. The van der Waals surface area contributed by atoms with E-state index in [1.54, 1.807) is 19.2 Å². The van der Waals surface area contributed by atoms with Gasteiger partial charge in [0.25, 0.3) is 0 Å². The molecule has 1 aliphatic heterocycles. The molecule has 1 atom stereocenters. The Kier molecular flexibility index (Phi) is 4.36. The van der Waals surface area contributed by atoms with Crippen molar-refractivity contribution >= 4 is 17.9 Å². The molecule has 1 aliphatic carbocycles. The van der Waals surface area contributed by atoms with Gasteiger partial charge in [0, 0.05) is 13.6 Å². The van der Waals surface area contributed by atoms with E-state index in [4.69, 9.17) is 5.11 Å². The van der Waals surface area contributed by atoms with Crippen LogP contribution < -0.4 is 10.6 Å². The van der Waals surface area contributed by atoms with Crippen LogP contribution in [0.15, 0.2) is 24.3 Å². The molecule has 1 aromatic carbocycles. The minimum absolute atomic E-state index is 0.115. The fraction of sp³-hybridized carbons (Fsp3) is 0.471. The van der Waals surface area contributed by atoms with Crippen LogP contribution in [-0.2, 0) is 16.1 Å². The van der Waals surface area contributed by atoms with E-state index in [1.807, 2.05) is 12.1 Å². The number of carboxylic acid groups (broad SMARTS) is 1. The Morgan fingerprint density at radius 3 is 2.72 bits per heavy atom. The van der Waals surface area contributed by atoms with Crippen molar-refractivity contribution in [1.82, 2.24) is 15.5 Å². The van der Waals surface area contributed by atoms with Crippen LogP contribution in [0.5, 0.6) is 0 Å². The van der Waals surface area contributed by atoms with Crippen LogP contribution >= 0.6 is 0 Å². The molecule has 1 saturated carbocycles. The van der Waals surface area contributed by atoms with Crippen LogP contribution in [-0.4, -0.2) is 47.2 Å². The van der Waals surface area contributed by atoms with Gasteiger partial charge >= 0.3 is 12.0 Å². The number of amides is 3. The lowest BCUT2D eigenvalue weighted by atomic mass is 9.72. The zero-order chi connectivity index (χ0) is 18.2. The third kappa shape index (κ3) is 3.42. The molecule has 1 unspecified atom stereocenters. The Labute approximate surface area is 144 Å². The summed E-state index contributed by atoms with van der Waals surface area (Å²) >= 11 is 0. The van der Waals surface area contributed by atoms with Crippen molar-refractivity contribution in [2.75, 3.05) is 13.6 Å². The van der Waals surface area contributed by atoms with Gasteiger partial charge in [0.15, 0.2) is 0 Å². The second-order valence-electron chi connectivity index (χ2n) is 6.75. The summed E-state index contributed by atoms with van der Waals surface area (Å²) in [5.74, 6) is -1.96. The summed E-state index contributed by atoms with van der Waals surface area (Å²) in [6, 6.07) is 5.86. The third-order valence-electron chi connectivity index (χ3n) is 4.81. The van der Waals surface area contributed by atoms with Crippen LogP contribution in [0.1, 0.15) is 30.0 Å². The second kappa shape index (κ2) is 6.34. The summed E-state index contributed by atoms with van der Waals surface area (Å²) in [5, 5.41) is 13.8. The van der Waals surface area contributed by atoms with Crippen molar-refractivity contribution in [3.63, 3.8) is 0 Å². The Bertz CT molecular complexity index is 718. The summed E-state index contributed by atoms with van der Waals surface area (Å²) in [7, 11) is 1.65. The van der Waals surface area contributed by atoms with Gasteiger partial charge in [-0.1, -0.05) is 24.3 Å². The normalized spacial score (nSPS) is 27.9. The number of alkyl halides is 1. The molecule has 0 spiro atoms. The molecule has 134 valence electrons. The molecular weight excluding hydrogens is 329 g/mol. The number of aliphatic carboxylic acids is 1. The molecule has 0 aromatic heterocycles. The molecule has 3 amide bonds. The van der Waals surface area contributed by atoms with Crippen molar-refractivity contribution in [2.24, 2.45) is 5.92 Å². The van der Waals surface area contributed by atoms with Crippen LogP contribution in [0.3, 0.4) is 0 Å². The first kappa shape index (κ1) is 17.2. The number of halogens is 1. The number of benzene rings is 1. The first-order valence-corrected chi connectivity index (χ1v) is 8.08. The Hall–Kier alpha value is -2.64. The lowest BCUT2D eigenvalue weighted by Crippen LogP contribution is -2.54. The number of fused-ring (bicyclic) bond motifs is 1. The molecule has 8 heteroatoms. The number of carbonyl (C=O) groups is 3. The molecule has 3 N–H and O–H groups in total. The summed E-state index contributed by atoms with van der Waals surface area (Å²) in [4.78, 5) is 36.7. The SMILES string of the molecule is CN1Cc2ccccc2C(NC(=O)NCC2(F)CC(C(=O)O)C2)C1=O. The molecule has 1 heterocycles. The number of hydrogen-bond donors (Lipinski definition) is 3. The van der Waals surface area contributed by atoms with Gasteiger partial charge in [0.1, 0.15) is 11.7 Å². The fourth-order valence-electron chi connectivity index (χ4n) is 3.35. The highest BCUT2D eigenvalue weighted by Gasteiger charge is 2.48. The van der Waals surface area contributed by atoms with Crippen molar-refractivity contribution < 1.29 is 23.9 Å². The molecular formula is C17H20FN3O4. The highest BCUT2D eigenvalue weighted by atomic mass is 19.1. The van der Waals surface area contributed by atoms with E-state index in [1.165, 1.54) is 4.90 Å². The monoisotopic (exact) mass is 349 g/mol. The quantitative estimate of drug-likeness (QED) is 0.761. The Morgan fingerprint density at radius 2 is 2.04 bits per heavy atom.